The smallest absolute Gasteiger partial charge is 0.185 e. The Bertz CT molecular complexity index is 156. The van der Waals surface area contributed by atoms with Crippen LogP contribution in [0.3, 0.4) is 0 Å². The van der Waals surface area contributed by atoms with Gasteiger partial charge in [-0.15, -0.1) is 0 Å². The zero-order valence-corrected chi connectivity index (χ0v) is 8.11. The Morgan fingerprint density at radius 3 is 2.77 bits per heavy atom. The van der Waals surface area contributed by atoms with E-state index in [1.54, 1.807) is 0 Å². The average molecular weight is 210 g/mol. The van der Waals surface area contributed by atoms with Gasteiger partial charge in [0.25, 0.3) is 0 Å². The lowest BCUT2D eigenvalue weighted by Gasteiger charge is -2.34. The molecule has 0 aliphatic carbocycles. The minimum atomic E-state index is -1.17. The summed E-state index contributed by atoms with van der Waals surface area (Å²) >= 11 is 1.11. The van der Waals surface area contributed by atoms with Crippen molar-refractivity contribution in [3.05, 3.63) is 0 Å². The normalized spacial score (nSPS) is 40.6. The van der Waals surface area contributed by atoms with E-state index in [0.29, 0.717) is 5.75 Å². The van der Waals surface area contributed by atoms with Gasteiger partial charge in [0, 0.05) is 5.75 Å². The van der Waals surface area contributed by atoms with Crippen molar-refractivity contribution >= 4 is 12.0 Å². The number of ether oxygens (including phenoxy) is 1. The van der Waals surface area contributed by atoms with E-state index in [0.717, 1.165) is 12.0 Å². The van der Waals surface area contributed by atoms with Crippen LogP contribution < -0.4 is 0 Å². The van der Waals surface area contributed by atoms with Crippen molar-refractivity contribution in [3.8, 4) is 0 Å². The molecule has 0 aromatic carbocycles. The molecule has 0 spiro atoms. The van der Waals surface area contributed by atoms with E-state index in [2.05, 4.69) is 0 Å². The summed E-state index contributed by atoms with van der Waals surface area (Å²) in [4.78, 5) is 0. The first-order chi connectivity index (χ1) is 6.16. The average Bonchev–Trinajstić information content (AvgIpc) is 2.12. The highest BCUT2D eigenvalue weighted by molar-refractivity contribution is 7.94. The number of hydrogen-bond acceptors (Lipinski definition) is 6. The standard InChI is InChI=1S/C7H14O5S/c1-2-13-12-6-5(9)4(8)3-11-7(6)10/h4-10H,2-3H2,1H3/t4-,5+,6-,7-/m1/s1. The number of rotatable bonds is 3. The maximum absolute atomic E-state index is 9.41. The summed E-state index contributed by atoms with van der Waals surface area (Å²) in [6.07, 6.45) is -4.14. The van der Waals surface area contributed by atoms with E-state index >= 15 is 0 Å². The van der Waals surface area contributed by atoms with Crippen LogP contribution in [0.25, 0.3) is 0 Å². The molecule has 6 heteroatoms. The minimum Gasteiger partial charge on any atom is -0.388 e. The number of hydrogen-bond donors (Lipinski definition) is 3. The van der Waals surface area contributed by atoms with E-state index in [1.165, 1.54) is 0 Å². The SMILES string of the molecule is CCSO[C@@H]1[C@@H](O)[C@H](O)CO[C@H]1O. The first-order valence-electron chi connectivity index (χ1n) is 4.11. The fourth-order valence-corrected chi connectivity index (χ4v) is 1.53. The summed E-state index contributed by atoms with van der Waals surface area (Å²) < 4.78 is 9.84. The first kappa shape index (κ1) is 11.2. The number of aliphatic hydroxyl groups is 3. The van der Waals surface area contributed by atoms with E-state index in [9.17, 15) is 15.3 Å². The van der Waals surface area contributed by atoms with Gasteiger partial charge in [0.2, 0.25) is 0 Å². The lowest BCUT2D eigenvalue weighted by Crippen LogP contribution is -2.53. The maximum Gasteiger partial charge on any atom is 0.185 e. The molecule has 1 saturated heterocycles. The Balaban J connectivity index is 2.45. The molecular weight excluding hydrogens is 196 g/mol. The predicted molar refractivity (Wildman–Crippen MR) is 47.0 cm³/mol. The second kappa shape index (κ2) is 5.14. The molecule has 1 fully saturated rings. The molecule has 0 unspecified atom stereocenters. The molecule has 0 amide bonds. The summed E-state index contributed by atoms with van der Waals surface area (Å²) in [5.41, 5.74) is 0. The fourth-order valence-electron chi connectivity index (χ4n) is 1.03. The maximum atomic E-state index is 9.41. The van der Waals surface area contributed by atoms with Crippen molar-refractivity contribution < 1.29 is 24.2 Å². The topological polar surface area (TPSA) is 79.2 Å². The molecule has 5 nitrogen and oxygen atoms in total. The lowest BCUT2D eigenvalue weighted by molar-refractivity contribution is -0.242. The van der Waals surface area contributed by atoms with E-state index in [1.807, 2.05) is 6.92 Å². The Kier molecular flexibility index (Phi) is 4.43. The van der Waals surface area contributed by atoms with Gasteiger partial charge in [0.1, 0.15) is 12.2 Å². The molecule has 0 saturated carbocycles. The van der Waals surface area contributed by atoms with Crippen molar-refractivity contribution in [2.45, 2.75) is 31.5 Å². The molecule has 1 heterocycles. The summed E-state index contributed by atoms with van der Waals surface area (Å²) in [5, 5.41) is 27.8. The summed E-state index contributed by atoms with van der Waals surface area (Å²) in [5.74, 6) is 0.700. The third-order valence-corrected chi connectivity index (χ3v) is 2.34. The van der Waals surface area contributed by atoms with Gasteiger partial charge >= 0.3 is 0 Å². The van der Waals surface area contributed by atoms with Gasteiger partial charge in [-0.25, -0.2) is 0 Å². The Hall–Kier alpha value is 0.150. The van der Waals surface area contributed by atoms with Crippen LogP contribution in [0.4, 0.5) is 0 Å². The largest absolute Gasteiger partial charge is 0.388 e. The van der Waals surface area contributed by atoms with Crippen molar-refractivity contribution in [3.63, 3.8) is 0 Å². The Morgan fingerprint density at radius 2 is 2.15 bits per heavy atom. The highest BCUT2D eigenvalue weighted by Gasteiger charge is 2.39. The van der Waals surface area contributed by atoms with E-state index < -0.39 is 24.6 Å². The van der Waals surface area contributed by atoms with Gasteiger partial charge in [0.05, 0.1) is 6.61 Å². The zero-order chi connectivity index (χ0) is 9.84. The predicted octanol–water partition coefficient (Wildman–Crippen LogP) is -0.890. The third-order valence-electron chi connectivity index (χ3n) is 1.75. The lowest BCUT2D eigenvalue weighted by atomic mass is 10.1. The monoisotopic (exact) mass is 210 g/mol. The highest BCUT2D eigenvalue weighted by atomic mass is 32.2. The molecule has 0 radical (unpaired) electrons. The molecule has 78 valence electrons. The minimum absolute atomic E-state index is 0.0705. The molecular formula is C7H14O5S. The molecule has 13 heavy (non-hydrogen) atoms. The van der Waals surface area contributed by atoms with Crippen molar-refractivity contribution in [2.75, 3.05) is 12.4 Å². The molecule has 0 bridgehead atoms. The van der Waals surface area contributed by atoms with Crippen LogP contribution in [-0.4, -0.2) is 52.3 Å². The Labute approximate surface area is 80.9 Å². The second-order valence-electron chi connectivity index (χ2n) is 2.75. The van der Waals surface area contributed by atoms with Crippen LogP contribution in [0.1, 0.15) is 6.92 Å². The molecule has 1 aliphatic rings. The van der Waals surface area contributed by atoms with Gasteiger partial charge in [-0.05, 0) is 12.0 Å². The summed E-state index contributed by atoms with van der Waals surface area (Å²) in [6, 6.07) is 0. The molecule has 1 aliphatic heterocycles. The Morgan fingerprint density at radius 1 is 1.46 bits per heavy atom. The molecule has 1 rings (SSSR count). The highest BCUT2D eigenvalue weighted by Crippen LogP contribution is 2.21. The van der Waals surface area contributed by atoms with Crippen LogP contribution in [0.5, 0.6) is 0 Å². The second-order valence-corrected chi connectivity index (χ2v) is 3.75. The van der Waals surface area contributed by atoms with Gasteiger partial charge < -0.3 is 24.2 Å². The quantitative estimate of drug-likeness (QED) is 0.524. The zero-order valence-electron chi connectivity index (χ0n) is 7.29. The number of aliphatic hydroxyl groups excluding tert-OH is 3. The van der Waals surface area contributed by atoms with Crippen LogP contribution in [0.15, 0.2) is 0 Å². The third kappa shape index (κ3) is 2.80. The van der Waals surface area contributed by atoms with Gasteiger partial charge in [-0.2, -0.15) is 0 Å². The van der Waals surface area contributed by atoms with E-state index in [-0.39, 0.29) is 6.61 Å². The molecule has 4 atom stereocenters. The van der Waals surface area contributed by atoms with Gasteiger partial charge in [-0.1, -0.05) is 6.92 Å². The summed E-state index contributed by atoms with van der Waals surface area (Å²) in [6.45, 7) is 1.81. The van der Waals surface area contributed by atoms with Gasteiger partial charge in [0.15, 0.2) is 12.4 Å². The fraction of sp³-hybridized carbons (Fsp3) is 1.00. The first-order valence-corrected chi connectivity index (χ1v) is 5.02. The van der Waals surface area contributed by atoms with Gasteiger partial charge in [-0.3, -0.25) is 0 Å². The van der Waals surface area contributed by atoms with Crippen molar-refractivity contribution in [1.29, 1.82) is 0 Å². The molecule has 3 N–H and O–H groups in total. The van der Waals surface area contributed by atoms with E-state index in [4.69, 9.17) is 8.92 Å². The molecule has 0 aromatic heterocycles. The molecule has 0 aromatic rings. The van der Waals surface area contributed by atoms with Crippen molar-refractivity contribution in [1.82, 2.24) is 0 Å². The van der Waals surface area contributed by atoms with Crippen LogP contribution in [0.2, 0.25) is 0 Å². The van der Waals surface area contributed by atoms with Crippen molar-refractivity contribution in [2.24, 2.45) is 0 Å². The summed E-state index contributed by atoms with van der Waals surface area (Å²) in [7, 11) is 0. The van der Waals surface area contributed by atoms with Crippen LogP contribution >= 0.6 is 12.0 Å². The van der Waals surface area contributed by atoms with Crippen LogP contribution in [0, 0.1) is 0 Å². The van der Waals surface area contributed by atoms with Crippen LogP contribution in [-0.2, 0) is 8.92 Å².